The van der Waals surface area contributed by atoms with Crippen molar-refractivity contribution in [3.05, 3.63) is 41.2 Å². The Hall–Kier alpha value is -2.21. The maximum absolute atomic E-state index is 11.9. The van der Waals surface area contributed by atoms with Gasteiger partial charge in [0.2, 0.25) is 5.91 Å². The van der Waals surface area contributed by atoms with Crippen LogP contribution in [-0.2, 0) is 17.9 Å². The zero-order valence-corrected chi connectivity index (χ0v) is 10.9. The molecule has 0 bridgehead atoms. The minimum Gasteiger partial charge on any atom is -0.390 e. The third kappa shape index (κ3) is 3.38. The predicted molar refractivity (Wildman–Crippen MR) is 70.5 cm³/mol. The molecule has 1 aromatic heterocycles. The molecule has 0 saturated heterocycles. The molecule has 1 amide bonds. The van der Waals surface area contributed by atoms with Crippen LogP contribution in [0.25, 0.3) is 0 Å². The Balaban J connectivity index is 2.01. The number of hydrogen-bond donors (Lipinski definition) is 2. The van der Waals surface area contributed by atoms with Gasteiger partial charge in [0, 0.05) is 5.69 Å². The van der Waals surface area contributed by atoms with Crippen LogP contribution in [0.2, 0.25) is 0 Å². The first-order valence-corrected chi connectivity index (χ1v) is 5.95. The van der Waals surface area contributed by atoms with Crippen LogP contribution in [0, 0.1) is 13.8 Å². The first kappa shape index (κ1) is 13.2. The second kappa shape index (κ2) is 5.62. The van der Waals surface area contributed by atoms with E-state index in [4.69, 9.17) is 5.11 Å². The second-order valence-corrected chi connectivity index (χ2v) is 4.43. The van der Waals surface area contributed by atoms with Crippen molar-refractivity contribution in [1.82, 2.24) is 15.0 Å². The summed E-state index contributed by atoms with van der Waals surface area (Å²) in [5, 5.41) is 19.1. The number of amides is 1. The van der Waals surface area contributed by atoms with E-state index in [1.54, 1.807) is 6.20 Å². The fourth-order valence-electron chi connectivity index (χ4n) is 1.78. The minimum absolute atomic E-state index is 0.0698. The van der Waals surface area contributed by atoms with Crippen molar-refractivity contribution in [3.8, 4) is 0 Å². The molecule has 19 heavy (non-hydrogen) atoms. The summed E-state index contributed by atoms with van der Waals surface area (Å²) in [6.45, 7) is 3.84. The van der Waals surface area contributed by atoms with Gasteiger partial charge < -0.3 is 10.4 Å². The molecule has 0 aliphatic rings. The van der Waals surface area contributed by atoms with Crippen molar-refractivity contribution >= 4 is 11.6 Å². The van der Waals surface area contributed by atoms with E-state index in [9.17, 15) is 4.79 Å². The number of hydrogen-bond acceptors (Lipinski definition) is 4. The van der Waals surface area contributed by atoms with Crippen LogP contribution < -0.4 is 5.32 Å². The smallest absolute Gasteiger partial charge is 0.246 e. The molecule has 6 heteroatoms. The van der Waals surface area contributed by atoms with Gasteiger partial charge in [0.05, 0.1) is 12.8 Å². The summed E-state index contributed by atoms with van der Waals surface area (Å²) in [4.78, 5) is 11.9. The molecule has 0 radical (unpaired) electrons. The number of nitrogens with zero attached hydrogens (tertiary/aromatic N) is 3. The first-order chi connectivity index (χ1) is 9.08. The standard InChI is InChI=1S/C13H16N4O2/c1-9-3-4-12(10(2)5-9)14-13(19)7-17-6-11(8-18)15-16-17/h3-6,18H,7-8H2,1-2H3,(H,14,19). The second-order valence-electron chi connectivity index (χ2n) is 4.43. The fraction of sp³-hybridized carbons (Fsp3) is 0.308. The van der Waals surface area contributed by atoms with Gasteiger partial charge in [-0.3, -0.25) is 4.79 Å². The van der Waals surface area contributed by atoms with E-state index in [0.29, 0.717) is 5.69 Å². The van der Waals surface area contributed by atoms with E-state index in [1.165, 1.54) is 4.68 Å². The lowest BCUT2D eigenvalue weighted by atomic mass is 10.1. The lowest BCUT2D eigenvalue weighted by molar-refractivity contribution is -0.116. The van der Waals surface area contributed by atoms with E-state index < -0.39 is 0 Å². The Morgan fingerprint density at radius 1 is 1.42 bits per heavy atom. The van der Waals surface area contributed by atoms with Crippen LogP contribution in [0.3, 0.4) is 0 Å². The summed E-state index contributed by atoms with van der Waals surface area (Å²) >= 11 is 0. The monoisotopic (exact) mass is 260 g/mol. The topological polar surface area (TPSA) is 80.0 Å². The number of aliphatic hydroxyl groups is 1. The number of aryl methyl sites for hydroxylation is 2. The highest BCUT2D eigenvalue weighted by Gasteiger charge is 2.07. The van der Waals surface area contributed by atoms with Crippen molar-refractivity contribution in [1.29, 1.82) is 0 Å². The van der Waals surface area contributed by atoms with Gasteiger partial charge in [-0.05, 0) is 25.5 Å². The Bertz CT molecular complexity index is 592. The predicted octanol–water partition coefficient (Wildman–Crippen LogP) is 1.03. The van der Waals surface area contributed by atoms with Gasteiger partial charge in [-0.2, -0.15) is 0 Å². The largest absolute Gasteiger partial charge is 0.390 e. The SMILES string of the molecule is Cc1ccc(NC(=O)Cn2cc(CO)nn2)c(C)c1. The number of anilines is 1. The Labute approximate surface area is 111 Å². The highest BCUT2D eigenvalue weighted by Crippen LogP contribution is 2.15. The molecule has 0 fully saturated rings. The van der Waals surface area contributed by atoms with Crippen LogP contribution in [-0.4, -0.2) is 26.0 Å². The van der Waals surface area contributed by atoms with E-state index in [1.807, 2.05) is 32.0 Å². The molecule has 0 unspecified atom stereocenters. The Kier molecular flexibility index (Phi) is 3.91. The van der Waals surface area contributed by atoms with Gasteiger partial charge in [-0.15, -0.1) is 5.10 Å². The van der Waals surface area contributed by atoms with Crippen LogP contribution >= 0.6 is 0 Å². The quantitative estimate of drug-likeness (QED) is 0.860. The number of carbonyl (C=O) groups is 1. The molecule has 0 saturated carbocycles. The van der Waals surface area contributed by atoms with Gasteiger partial charge in [-0.25, -0.2) is 4.68 Å². The molecule has 2 rings (SSSR count). The van der Waals surface area contributed by atoms with E-state index >= 15 is 0 Å². The zero-order chi connectivity index (χ0) is 13.8. The van der Waals surface area contributed by atoms with E-state index in [0.717, 1.165) is 16.8 Å². The third-order valence-corrected chi connectivity index (χ3v) is 2.71. The first-order valence-electron chi connectivity index (χ1n) is 5.95. The molecule has 1 heterocycles. The van der Waals surface area contributed by atoms with Gasteiger partial charge in [-0.1, -0.05) is 22.9 Å². The molecule has 0 aliphatic heterocycles. The molecular formula is C13H16N4O2. The Morgan fingerprint density at radius 2 is 2.21 bits per heavy atom. The summed E-state index contributed by atoms with van der Waals surface area (Å²) in [6.07, 6.45) is 1.54. The van der Waals surface area contributed by atoms with Crippen LogP contribution in [0.5, 0.6) is 0 Å². The number of aromatic nitrogens is 3. The maximum atomic E-state index is 11.9. The van der Waals surface area contributed by atoms with Gasteiger partial charge in [0.15, 0.2) is 0 Å². The summed E-state index contributed by atoms with van der Waals surface area (Å²) in [5.74, 6) is -0.179. The van der Waals surface area contributed by atoms with Crippen molar-refractivity contribution in [2.24, 2.45) is 0 Å². The van der Waals surface area contributed by atoms with Crippen LogP contribution in [0.4, 0.5) is 5.69 Å². The minimum atomic E-state index is -0.182. The highest BCUT2D eigenvalue weighted by molar-refractivity contribution is 5.91. The summed E-state index contributed by atoms with van der Waals surface area (Å²) in [7, 11) is 0. The third-order valence-electron chi connectivity index (χ3n) is 2.71. The Morgan fingerprint density at radius 3 is 2.84 bits per heavy atom. The number of benzene rings is 1. The average molecular weight is 260 g/mol. The fourth-order valence-corrected chi connectivity index (χ4v) is 1.78. The normalized spacial score (nSPS) is 10.5. The summed E-state index contributed by atoms with van der Waals surface area (Å²) < 4.78 is 1.39. The maximum Gasteiger partial charge on any atom is 0.246 e. The summed E-state index contributed by atoms with van der Waals surface area (Å²) in [6, 6.07) is 5.83. The molecule has 2 N–H and O–H groups in total. The highest BCUT2D eigenvalue weighted by atomic mass is 16.3. The number of aliphatic hydroxyl groups excluding tert-OH is 1. The average Bonchev–Trinajstić information content (AvgIpc) is 2.80. The molecule has 0 spiro atoms. The van der Waals surface area contributed by atoms with Gasteiger partial charge in [0.25, 0.3) is 0 Å². The molecule has 1 aromatic carbocycles. The molecule has 0 aliphatic carbocycles. The van der Waals surface area contributed by atoms with Crippen LogP contribution in [0.1, 0.15) is 16.8 Å². The van der Waals surface area contributed by atoms with Crippen molar-refractivity contribution < 1.29 is 9.90 Å². The van der Waals surface area contributed by atoms with Crippen LogP contribution in [0.15, 0.2) is 24.4 Å². The van der Waals surface area contributed by atoms with Crippen molar-refractivity contribution in [2.75, 3.05) is 5.32 Å². The molecule has 2 aromatic rings. The zero-order valence-electron chi connectivity index (χ0n) is 10.9. The van der Waals surface area contributed by atoms with E-state index in [2.05, 4.69) is 15.6 Å². The molecular weight excluding hydrogens is 244 g/mol. The van der Waals surface area contributed by atoms with Crippen molar-refractivity contribution in [2.45, 2.75) is 27.0 Å². The van der Waals surface area contributed by atoms with Gasteiger partial charge in [0.1, 0.15) is 12.2 Å². The summed E-state index contributed by atoms with van der Waals surface area (Å²) in [5.41, 5.74) is 3.40. The van der Waals surface area contributed by atoms with Crippen molar-refractivity contribution in [3.63, 3.8) is 0 Å². The molecule has 0 atom stereocenters. The van der Waals surface area contributed by atoms with E-state index in [-0.39, 0.29) is 19.1 Å². The molecule has 100 valence electrons. The number of carbonyl (C=O) groups excluding carboxylic acids is 1. The lowest BCUT2D eigenvalue weighted by Crippen LogP contribution is -2.19. The van der Waals surface area contributed by atoms with Gasteiger partial charge >= 0.3 is 0 Å². The lowest BCUT2D eigenvalue weighted by Gasteiger charge is -2.08. The molecule has 6 nitrogen and oxygen atoms in total. The number of rotatable bonds is 4. The number of nitrogens with one attached hydrogen (secondary N) is 1.